The lowest BCUT2D eigenvalue weighted by Gasteiger charge is -2.36. The van der Waals surface area contributed by atoms with Gasteiger partial charge in [0.15, 0.2) is 0 Å². The maximum Gasteiger partial charge on any atom is 0.321 e. The number of nitrogens with zero attached hydrogens (tertiary/aromatic N) is 3. The van der Waals surface area contributed by atoms with E-state index in [9.17, 15) is 9.18 Å². The fourth-order valence-electron chi connectivity index (χ4n) is 3.95. The number of rotatable bonds is 3. The highest BCUT2D eigenvalue weighted by Crippen LogP contribution is 2.22. The molecule has 1 N–H and O–H groups in total. The first kappa shape index (κ1) is 18.6. The number of urea groups is 1. The van der Waals surface area contributed by atoms with Gasteiger partial charge >= 0.3 is 6.03 Å². The standard InChI is InChI=1S/C22H27FN4O/c23-18-5-4-6-21(17-18)26-13-15-27(16-14-26)22(28)24-19-7-9-20(10-8-19)25-11-2-1-3-12-25/h4-10,17H,1-3,11-16H2,(H,24,28). The Morgan fingerprint density at radius 1 is 0.786 bits per heavy atom. The number of hydrogen-bond donors (Lipinski definition) is 1. The van der Waals surface area contributed by atoms with Crippen molar-refractivity contribution >= 4 is 23.1 Å². The number of anilines is 3. The molecular weight excluding hydrogens is 355 g/mol. The molecule has 2 amide bonds. The minimum absolute atomic E-state index is 0.0791. The van der Waals surface area contributed by atoms with Crippen molar-refractivity contribution in [2.75, 3.05) is 54.4 Å². The molecular formula is C22H27FN4O. The molecule has 4 rings (SSSR count). The normalized spacial score (nSPS) is 17.5. The van der Waals surface area contributed by atoms with E-state index in [1.54, 1.807) is 12.1 Å². The molecule has 2 aliphatic rings. The van der Waals surface area contributed by atoms with Crippen LogP contribution in [-0.2, 0) is 0 Å². The van der Waals surface area contributed by atoms with Crippen molar-refractivity contribution in [3.8, 4) is 0 Å². The Morgan fingerprint density at radius 3 is 2.14 bits per heavy atom. The first-order valence-electron chi connectivity index (χ1n) is 10.1. The highest BCUT2D eigenvalue weighted by atomic mass is 19.1. The summed E-state index contributed by atoms with van der Waals surface area (Å²) in [6, 6.07) is 14.7. The summed E-state index contributed by atoms with van der Waals surface area (Å²) in [4.78, 5) is 18.9. The van der Waals surface area contributed by atoms with Crippen LogP contribution in [0.15, 0.2) is 48.5 Å². The smallest absolute Gasteiger partial charge is 0.321 e. The van der Waals surface area contributed by atoms with Gasteiger partial charge in [0.05, 0.1) is 0 Å². The highest BCUT2D eigenvalue weighted by molar-refractivity contribution is 5.89. The monoisotopic (exact) mass is 382 g/mol. The highest BCUT2D eigenvalue weighted by Gasteiger charge is 2.21. The van der Waals surface area contributed by atoms with Crippen molar-refractivity contribution in [3.63, 3.8) is 0 Å². The van der Waals surface area contributed by atoms with Crippen molar-refractivity contribution in [3.05, 3.63) is 54.3 Å². The fraction of sp³-hybridized carbons (Fsp3) is 0.409. The molecule has 0 aromatic heterocycles. The van der Waals surface area contributed by atoms with Gasteiger partial charge in [0, 0.05) is 56.3 Å². The molecule has 0 bridgehead atoms. The Kier molecular flexibility index (Phi) is 5.65. The van der Waals surface area contributed by atoms with Crippen LogP contribution in [-0.4, -0.2) is 50.2 Å². The Morgan fingerprint density at radius 2 is 1.46 bits per heavy atom. The van der Waals surface area contributed by atoms with E-state index < -0.39 is 0 Å². The summed E-state index contributed by atoms with van der Waals surface area (Å²) in [5.41, 5.74) is 2.91. The third-order valence-electron chi connectivity index (χ3n) is 5.58. The molecule has 0 aliphatic carbocycles. The van der Waals surface area contributed by atoms with E-state index in [1.807, 2.05) is 23.1 Å². The topological polar surface area (TPSA) is 38.8 Å². The molecule has 2 aromatic rings. The summed E-state index contributed by atoms with van der Waals surface area (Å²) in [5.74, 6) is -0.231. The van der Waals surface area contributed by atoms with Crippen LogP contribution in [0.5, 0.6) is 0 Å². The number of carbonyl (C=O) groups is 1. The zero-order chi connectivity index (χ0) is 19.3. The number of piperazine rings is 1. The van der Waals surface area contributed by atoms with Crippen LogP contribution in [0.4, 0.5) is 26.2 Å². The van der Waals surface area contributed by atoms with Gasteiger partial charge in [-0.2, -0.15) is 0 Å². The van der Waals surface area contributed by atoms with Crippen LogP contribution in [0.3, 0.4) is 0 Å². The Balaban J connectivity index is 1.29. The van der Waals surface area contributed by atoms with Gasteiger partial charge in [-0.15, -0.1) is 0 Å². The Hall–Kier alpha value is -2.76. The molecule has 28 heavy (non-hydrogen) atoms. The summed E-state index contributed by atoms with van der Waals surface area (Å²) >= 11 is 0. The van der Waals surface area contributed by atoms with E-state index in [2.05, 4.69) is 27.2 Å². The average molecular weight is 382 g/mol. The number of benzene rings is 2. The number of nitrogens with one attached hydrogen (secondary N) is 1. The molecule has 2 aliphatic heterocycles. The predicted octanol–water partition coefficient (Wildman–Crippen LogP) is 4.17. The fourth-order valence-corrected chi connectivity index (χ4v) is 3.95. The van der Waals surface area contributed by atoms with Crippen molar-refractivity contribution < 1.29 is 9.18 Å². The molecule has 0 saturated carbocycles. The molecule has 148 valence electrons. The number of halogens is 1. The van der Waals surface area contributed by atoms with E-state index in [4.69, 9.17) is 0 Å². The van der Waals surface area contributed by atoms with Crippen LogP contribution < -0.4 is 15.1 Å². The van der Waals surface area contributed by atoms with Crippen molar-refractivity contribution in [2.24, 2.45) is 0 Å². The van der Waals surface area contributed by atoms with Crippen LogP contribution in [0, 0.1) is 5.82 Å². The van der Waals surface area contributed by atoms with Gasteiger partial charge in [-0.05, 0) is 61.7 Å². The Bertz CT molecular complexity index is 796. The molecule has 6 heteroatoms. The van der Waals surface area contributed by atoms with E-state index in [1.165, 1.54) is 31.0 Å². The number of carbonyl (C=O) groups excluding carboxylic acids is 1. The van der Waals surface area contributed by atoms with Crippen LogP contribution in [0.25, 0.3) is 0 Å². The number of amides is 2. The molecule has 2 fully saturated rings. The molecule has 5 nitrogen and oxygen atoms in total. The molecule has 0 spiro atoms. The van der Waals surface area contributed by atoms with Gasteiger partial charge in [-0.25, -0.2) is 9.18 Å². The number of hydrogen-bond acceptors (Lipinski definition) is 3. The van der Waals surface area contributed by atoms with E-state index in [0.717, 1.165) is 24.5 Å². The minimum atomic E-state index is -0.231. The van der Waals surface area contributed by atoms with Crippen LogP contribution in [0.2, 0.25) is 0 Å². The van der Waals surface area contributed by atoms with Gasteiger partial charge in [0.25, 0.3) is 0 Å². The van der Waals surface area contributed by atoms with E-state index in [-0.39, 0.29) is 11.8 Å². The minimum Gasteiger partial charge on any atom is -0.372 e. The SMILES string of the molecule is O=C(Nc1ccc(N2CCCCC2)cc1)N1CCN(c2cccc(F)c2)CC1. The van der Waals surface area contributed by atoms with Gasteiger partial charge in [0.1, 0.15) is 5.82 Å². The third kappa shape index (κ3) is 4.38. The van der Waals surface area contributed by atoms with Crippen LogP contribution >= 0.6 is 0 Å². The quantitative estimate of drug-likeness (QED) is 0.866. The maximum absolute atomic E-state index is 13.4. The van der Waals surface area contributed by atoms with Crippen molar-refractivity contribution in [1.29, 1.82) is 0 Å². The zero-order valence-electron chi connectivity index (χ0n) is 16.1. The van der Waals surface area contributed by atoms with Gasteiger partial charge in [-0.3, -0.25) is 0 Å². The molecule has 2 aromatic carbocycles. The second kappa shape index (κ2) is 8.50. The molecule has 0 unspecified atom stereocenters. The second-order valence-corrected chi connectivity index (χ2v) is 7.48. The summed E-state index contributed by atoms with van der Waals surface area (Å²) in [6.07, 6.45) is 3.82. The summed E-state index contributed by atoms with van der Waals surface area (Å²) < 4.78 is 13.4. The van der Waals surface area contributed by atoms with Crippen molar-refractivity contribution in [1.82, 2.24) is 4.90 Å². The second-order valence-electron chi connectivity index (χ2n) is 7.48. The van der Waals surface area contributed by atoms with E-state index in [0.29, 0.717) is 26.2 Å². The lowest BCUT2D eigenvalue weighted by Crippen LogP contribution is -2.50. The summed E-state index contributed by atoms with van der Waals surface area (Å²) in [5, 5.41) is 3.00. The lowest BCUT2D eigenvalue weighted by molar-refractivity contribution is 0.208. The zero-order valence-corrected chi connectivity index (χ0v) is 16.1. The summed E-state index contributed by atoms with van der Waals surface area (Å²) in [6.45, 7) is 4.86. The van der Waals surface area contributed by atoms with E-state index >= 15 is 0 Å². The molecule has 0 radical (unpaired) electrons. The first-order chi connectivity index (χ1) is 13.7. The predicted molar refractivity (Wildman–Crippen MR) is 112 cm³/mol. The first-order valence-corrected chi connectivity index (χ1v) is 10.1. The largest absolute Gasteiger partial charge is 0.372 e. The molecule has 2 saturated heterocycles. The molecule has 2 heterocycles. The van der Waals surface area contributed by atoms with Crippen LogP contribution in [0.1, 0.15) is 19.3 Å². The van der Waals surface area contributed by atoms with Crippen molar-refractivity contribution in [2.45, 2.75) is 19.3 Å². The average Bonchev–Trinajstić information content (AvgIpc) is 2.75. The third-order valence-corrected chi connectivity index (χ3v) is 5.58. The maximum atomic E-state index is 13.4. The van der Waals surface area contributed by atoms with Gasteiger partial charge in [0.2, 0.25) is 0 Å². The lowest BCUT2D eigenvalue weighted by atomic mass is 10.1. The van der Waals surface area contributed by atoms with Gasteiger partial charge < -0.3 is 20.0 Å². The number of piperidine rings is 1. The Labute approximate surface area is 165 Å². The molecule has 0 atom stereocenters. The van der Waals surface area contributed by atoms with Gasteiger partial charge in [-0.1, -0.05) is 6.07 Å². The summed E-state index contributed by atoms with van der Waals surface area (Å²) in [7, 11) is 0.